The Morgan fingerprint density at radius 1 is 1.71 bits per heavy atom. The van der Waals surface area contributed by atoms with Gasteiger partial charge in [-0.2, -0.15) is 0 Å². The van der Waals surface area contributed by atoms with Gasteiger partial charge in [0.2, 0.25) is 5.91 Å². The van der Waals surface area contributed by atoms with Gasteiger partial charge >= 0.3 is 0 Å². The molecular formula is C11H17N3O3. The number of ether oxygens (including phenoxy) is 1. The molecule has 0 saturated carbocycles. The van der Waals surface area contributed by atoms with Crippen molar-refractivity contribution in [1.82, 2.24) is 15.8 Å². The highest BCUT2D eigenvalue weighted by Crippen LogP contribution is 2.25. The van der Waals surface area contributed by atoms with E-state index in [-0.39, 0.29) is 17.4 Å². The summed E-state index contributed by atoms with van der Waals surface area (Å²) < 4.78 is 9.97. The van der Waals surface area contributed by atoms with E-state index in [0.717, 1.165) is 0 Å². The minimum absolute atomic E-state index is 0.0291. The Hall–Kier alpha value is -1.56. The molecule has 1 atom stereocenters. The fraction of sp³-hybridized carbons (Fsp3) is 0.636. The van der Waals surface area contributed by atoms with E-state index < -0.39 is 0 Å². The molecule has 1 aromatic rings. The Labute approximate surface area is 99.7 Å². The Bertz CT molecular complexity index is 414. The molecule has 2 heterocycles. The lowest BCUT2D eigenvalue weighted by atomic mass is 9.87. The largest absolute Gasteiger partial charge is 0.479 e. The molecular weight excluding hydrogens is 222 g/mol. The summed E-state index contributed by atoms with van der Waals surface area (Å²) in [6, 6.07) is 1.49. The second-order valence-corrected chi connectivity index (χ2v) is 4.86. The monoisotopic (exact) mass is 239 g/mol. The van der Waals surface area contributed by atoms with E-state index >= 15 is 0 Å². The van der Waals surface area contributed by atoms with E-state index in [9.17, 15) is 4.79 Å². The van der Waals surface area contributed by atoms with Crippen LogP contribution in [0.1, 0.15) is 19.6 Å². The first-order valence-electron chi connectivity index (χ1n) is 5.53. The van der Waals surface area contributed by atoms with Crippen LogP contribution in [-0.4, -0.2) is 30.8 Å². The van der Waals surface area contributed by atoms with Crippen LogP contribution in [0.15, 0.2) is 10.6 Å². The lowest BCUT2D eigenvalue weighted by molar-refractivity contribution is -0.121. The maximum Gasteiger partial charge on any atom is 0.254 e. The number of hydrogen-bond donors (Lipinski definition) is 2. The standard InChI is InChI=1S/C11H17N3O3/c1-11(2)6-13-10(15)9(11)12-5-7-4-8(16-3)14-17-7/h4,9,12H,5-6H2,1-3H3,(H,13,15). The van der Waals surface area contributed by atoms with E-state index in [1.54, 1.807) is 6.07 Å². The summed E-state index contributed by atoms with van der Waals surface area (Å²) >= 11 is 0. The molecule has 0 aromatic carbocycles. The summed E-state index contributed by atoms with van der Waals surface area (Å²) in [7, 11) is 1.53. The molecule has 2 rings (SSSR count). The topological polar surface area (TPSA) is 76.4 Å². The van der Waals surface area contributed by atoms with E-state index in [0.29, 0.717) is 24.7 Å². The van der Waals surface area contributed by atoms with Crippen molar-refractivity contribution in [2.45, 2.75) is 26.4 Å². The van der Waals surface area contributed by atoms with Gasteiger partial charge in [0.25, 0.3) is 5.88 Å². The van der Waals surface area contributed by atoms with Crippen LogP contribution in [-0.2, 0) is 11.3 Å². The van der Waals surface area contributed by atoms with Gasteiger partial charge in [-0.25, -0.2) is 0 Å². The number of aromatic nitrogens is 1. The molecule has 1 aliphatic heterocycles. The van der Waals surface area contributed by atoms with Crippen LogP contribution in [0.25, 0.3) is 0 Å². The second-order valence-electron chi connectivity index (χ2n) is 4.86. The Morgan fingerprint density at radius 2 is 2.47 bits per heavy atom. The quantitative estimate of drug-likeness (QED) is 0.790. The van der Waals surface area contributed by atoms with Crippen LogP contribution >= 0.6 is 0 Å². The molecule has 1 unspecified atom stereocenters. The molecule has 94 valence electrons. The molecule has 0 bridgehead atoms. The number of hydrogen-bond acceptors (Lipinski definition) is 5. The molecule has 0 spiro atoms. The highest BCUT2D eigenvalue weighted by atomic mass is 16.5. The van der Waals surface area contributed by atoms with Gasteiger partial charge in [-0.05, 0) is 5.16 Å². The third-order valence-electron chi connectivity index (χ3n) is 2.99. The number of amides is 1. The maximum absolute atomic E-state index is 11.6. The Morgan fingerprint density at radius 3 is 3.00 bits per heavy atom. The normalized spacial score (nSPS) is 22.5. The minimum Gasteiger partial charge on any atom is -0.479 e. The third kappa shape index (κ3) is 2.41. The third-order valence-corrected chi connectivity index (χ3v) is 2.99. The Kier molecular flexibility index (Phi) is 3.06. The summed E-state index contributed by atoms with van der Waals surface area (Å²) in [6.07, 6.45) is 0. The molecule has 1 fully saturated rings. The zero-order chi connectivity index (χ0) is 12.5. The van der Waals surface area contributed by atoms with E-state index in [4.69, 9.17) is 9.26 Å². The molecule has 1 saturated heterocycles. The Balaban J connectivity index is 1.95. The fourth-order valence-corrected chi connectivity index (χ4v) is 1.92. The van der Waals surface area contributed by atoms with Gasteiger partial charge in [-0.15, -0.1) is 0 Å². The van der Waals surface area contributed by atoms with Crippen LogP contribution in [0.5, 0.6) is 5.88 Å². The van der Waals surface area contributed by atoms with Crippen LogP contribution in [0.4, 0.5) is 0 Å². The van der Waals surface area contributed by atoms with Crippen LogP contribution in [0.2, 0.25) is 0 Å². The van der Waals surface area contributed by atoms with E-state index in [1.165, 1.54) is 7.11 Å². The van der Waals surface area contributed by atoms with Crippen LogP contribution in [0, 0.1) is 5.41 Å². The molecule has 2 N–H and O–H groups in total. The molecule has 0 aliphatic carbocycles. The molecule has 6 nitrogen and oxygen atoms in total. The van der Waals surface area contributed by atoms with Crippen molar-refractivity contribution in [2.75, 3.05) is 13.7 Å². The van der Waals surface area contributed by atoms with E-state index in [1.807, 2.05) is 13.8 Å². The van der Waals surface area contributed by atoms with Crippen molar-refractivity contribution in [3.63, 3.8) is 0 Å². The number of rotatable bonds is 4. The number of carbonyl (C=O) groups excluding carboxylic acids is 1. The van der Waals surface area contributed by atoms with Gasteiger partial charge in [0.15, 0.2) is 5.76 Å². The van der Waals surface area contributed by atoms with Gasteiger partial charge in [-0.1, -0.05) is 13.8 Å². The van der Waals surface area contributed by atoms with Crippen molar-refractivity contribution in [1.29, 1.82) is 0 Å². The van der Waals surface area contributed by atoms with Gasteiger partial charge in [-0.3, -0.25) is 10.1 Å². The maximum atomic E-state index is 11.6. The predicted molar refractivity (Wildman–Crippen MR) is 60.5 cm³/mol. The van der Waals surface area contributed by atoms with Crippen LogP contribution in [0.3, 0.4) is 0 Å². The van der Waals surface area contributed by atoms with Crippen molar-refractivity contribution < 1.29 is 14.1 Å². The second kappa shape index (κ2) is 4.37. The van der Waals surface area contributed by atoms with Crippen molar-refractivity contribution >= 4 is 5.91 Å². The summed E-state index contributed by atoms with van der Waals surface area (Å²) in [5.41, 5.74) is -0.0960. The summed E-state index contributed by atoms with van der Waals surface area (Å²) in [5.74, 6) is 1.12. The van der Waals surface area contributed by atoms with Crippen LogP contribution < -0.4 is 15.4 Å². The predicted octanol–water partition coefficient (Wildman–Crippen LogP) is 0.297. The SMILES string of the molecule is COc1cc(CNC2C(=O)NCC2(C)C)on1. The number of carbonyl (C=O) groups is 1. The number of methoxy groups -OCH3 is 1. The molecule has 1 amide bonds. The van der Waals surface area contributed by atoms with Gasteiger partial charge in [0.05, 0.1) is 19.7 Å². The summed E-state index contributed by atoms with van der Waals surface area (Å²) in [6.45, 7) is 5.23. The van der Waals surface area contributed by atoms with Crippen molar-refractivity contribution in [3.8, 4) is 5.88 Å². The number of nitrogens with one attached hydrogen (secondary N) is 2. The first kappa shape index (κ1) is 11.9. The van der Waals surface area contributed by atoms with Gasteiger partial charge < -0.3 is 14.6 Å². The van der Waals surface area contributed by atoms with E-state index in [2.05, 4.69) is 15.8 Å². The molecule has 6 heteroatoms. The lowest BCUT2D eigenvalue weighted by Crippen LogP contribution is -2.43. The average molecular weight is 239 g/mol. The minimum atomic E-state index is -0.210. The summed E-state index contributed by atoms with van der Waals surface area (Å²) in [4.78, 5) is 11.6. The highest BCUT2D eigenvalue weighted by molar-refractivity contribution is 5.85. The zero-order valence-corrected chi connectivity index (χ0v) is 10.2. The van der Waals surface area contributed by atoms with Gasteiger partial charge in [0, 0.05) is 18.0 Å². The fourth-order valence-electron chi connectivity index (χ4n) is 1.92. The van der Waals surface area contributed by atoms with Gasteiger partial charge in [0.1, 0.15) is 0 Å². The highest BCUT2D eigenvalue weighted by Gasteiger charge is 2.40. The van der Waals surface area contributed by atoms with Crippen molar-refractivity contribution in [2.24, 2.45) is 5.41 Å². The summed E-state index contributed by atoms with van der Waals surface area (Å²) in [5, 5.41) is 9.71. The first-order valence-corrected chi connectivity index (χ1v) is 5.53. The first-order chi connectivity index (χ1) is 8.03. The molecule has 0 radical (unpaired) electrons. The molecule has 1 aromatic heterocycles. The number of nitrogens with zero attached hydrogens (tertiary/aromatic N) is 1. The smallest absolute Gasteiger partial charge is 0.254 e. The average Bonchev–Trinajstić information content (AvgIpc) is 2.83. The van der Waals surface area contributed by atoms with Crippen molar-refractivity contribution in [3.05, 3.63) is 11.8 Å². The molecule has 17 heavy (non-hydrogen) atoms. The lowest BCUT2D eigenvalue weighted by Gasteiger charge is -2.23. The molecule has 1 aliphatic rings. The zero-order valence-electron chi connectivity index (χ0n) is 10.2.